The number of allylic oxidation sites excluding steroid dienone is 2. The van der Waals surface area contributed by atoms with Crippen molar-refractivity contribution in [2.24, 2.45) is 11.8 Å². The summed E-state index contributed by atoms with van der Waals surface area (Å²) >= 11 is 0. The van der Waals surface area contributed by atoms with E-state index in [-0.39, 0.29) is 0 Å². The van der Waals surface area contributed by atoms with Gasteiger partial charge in [0.15, 0.2) is 0 Å². The number of anilines is 1. The van der Waals surface area contributed by atoms with Crippen molar-refractivity contribution in [1.82, 2.24) is 0 Å². The lowest BCUT2D eigenvalue weighted by molar-refractivity contribution is 0.0790. The van der Waals surface area contributed by atoms with Gasteiger partial charge in [-0.25, -0.2) is 0 Å². The Morgan fingerprint density at radius 3 is 2.74 bits per heavy atom. The molecular formula is C17H25NO. The van der Waals surface area contributed by atoms with Gasteiger partial charge in [-0.2, -0.15) is 0 Å². The summed E-state index contributed by atoms with van der Waals surface area (Å²) in [4.78, 5) is 0. The molecule has 1 aliphatic carbocycles. The van der Waals surface area contributed by atoms with E-state index in [2.05, 4.69) is 48.7 Å². The first kappa shape index (κ1) is 14.1. The molecule has 0 heterocycles. The standard InChI is InChI=1S/C17H25NO/c1-15-8-5-6-9-16(15)14-19-13-7-12-18-17-10-3-2-4-11-17/h2-6,10-11,15-16,18H,7-9,12-14H2,1H3. The Labute approximate surface area is 116 Å². The summed E-state index contributed by atoms with van der Waals surface area (Å²) in [6.07, 6.45) is 8.05. The average molecular weight is 259 g/mol. The molecular weight excluding hydrogens is 234 g/mol. The molecule has 2 rings (SSSR count). The number of benzene rings is 1. The highest BCUT2D eigenvalue weighted by Gasteiger charge is 2.17. The molecule has 0 saturated heterocycles. The van der Waals surface area contributed by atoms with Gasteiger partial charge in [-0.15, -0.1) is 0 Å². The number of hydrogen-bond acceptors (Lipinski definition) is 2. The third-order valence-corrected chi connectivity index (χ3v) is 3.82. The summed E-state index contributed by atoms with van der Waals surface area (Å²) in [6, 6.07) is 10.3. The Kier molecular flexibility index (Phi) is 5.96. The van der Waals surface area contributed by atoms with Crippen molar-refractivity contribution in [1.29, 1.82) is 0 Å². The predicted octanol–water partition coefficient (Wildman–Crippen LogP) is 4.11. The minimum Gasteiger partial charge on any atom is -0.385 e. The van der Waals surface area contributed by atoms with Gasteiger partial charge in [0, 0.05) is 25.4 Å². The van der Waals surface area contributed by atoms with E-state index in [9.17, 15) is 0 Å². The summed E-state index contributed by atoms with van der Waals surface area (Å²) in [6.45, 7) is 5.07. The van der Waals surface area contributed by atoms with Crippen LogP contribution in [0.25, 0.3) is 0 Å². The topological polar surface area (TPSA) is 21.3 Å². The molecule has 1 aliphatic rings. The van der Waals surface area contributed by atoms with Crippen molar-refractivity contribution in [2.75, 3.05) is 25.1 Å². The molecule has 104 valence electrons. The highest BCUT2D eigenvalue weighted by atomic mass is 16.5. The van der Waals surface area contributed by atoms with Crippen LogP contribution in [0.1, 0.15) is 26.2 Å². The van der Waals surface area contributed by atoms with E-state index in [4.69, 9.17) is 4.74 Å². The van der Waals surface area contributed by atoms with Crippen molar-refractivity contribution in [3.63, 3.8) is 0 Å². The summed E-state index contributed by atoms with van der Waals surface area (Å²) in [5.41, 5.74) is 1.19. The molecule has 0 spiro atoms. The molecule has 0 fully saturated rings. The van der Waals surface area contributed by atoms with E-state index in [0.29, 0.717) is 5.92 Å². The van der Waals surface area contributed by atoms with Gasteiger partial charge in [0.2, 0.25) is 0 Å². The zero-order valence-electron chi connectivity index (χ0n) is 11.8. The zero-order valence-corrected chi connectivity index (χ0v) is 11.8. The van der Waals surface area contributed by atoms with Crippen molar-refractivity contribution in [3.05, 3.63) is 42.5 Å². The lowest BCUT2D eigenvalue weighted by Crippen LogP contribution is -2.20. The Hall–Kier alpha value is -1.28. The van der Waals surface area contributed by atoms with Crippen LogP contribution in [0, 0.1) is 11.8 Å². The average Bonchev–Trinajstić information content (AvgIpc) is 2.45. The van der Waals surface area contributed by atoms with E-state index in [1.54, 1.807) is 0 Å². The summed E-state index contributed by atoms with van der Waals surface area (Å²) in [5.74, 6) is 1.49. The quantitative estimate of drug-likeness (QED) is 0.588. The lowest BCUT2D eigenvalue weighted by Gasteiger charge is -2.24. The maximum atomic E-state index is 5.81. The fraction of sp³-hybridized carbons (Fsp3) is 0.529. The van der Waals surface area contributed by atoms with E-state index >= 15 is 0 Å². The van der Waals surface area contributed by atoms with Crippen molar-refractivity contribution < 1.29 is 4.74 Å². The zero-order chi connectivity index (χ0) is 13.3. The predicted molar refractivity (Wildman–Crippen MR) is 81.4 cm³/mol. The van der Waals surface area contributed by atoms with E-state index in [1.807, 2.05) is 6.07 Å². The fourth-order valence-corrected chi connectivity index (χ4v) is 2.44. The Morgan fingerprint density at radius 2 is 1.95 bits per heavy atom. The number of ether oxygens (including phenoxy) is 1. The Bertz CT molecular complexity index is 374. The second kappa shape index (κ2) is 8.00. The fourth-order valence-electron chi connectivity index (χ4n) is 2.44. The molecule has 1 N–H and O–H groups in total. The van der Waals surface area contributed by atoms with Gasteiger partial charge < -0.3 is 10.1 Å². The van der Waals surface area contributed by atoms with Gasteiger partial charge in [-0.1, -0.05) is 37.3 Å². The third-order valence-electron chi connectivity index (χ3n) is 3.82. The van der Waals surface area contributed by atoms with Crippen molar-refractivity contribution >= 4 is 5.69 Å². The molecule has 0 aromatic heterocycles. The van der Waals surface area contributed by atoms with Crippen LogP contribution in [0.3, 0.4) is 0 Å². The monoisotopic (exact) mass is 259 g/mol. The highest BCUT2D eigenvalue weighted by Crippen LogP contribution is 2.24. The SMILES string of the molecule is CC1CC=CCC1COCCCNc1ccccc1. The van der Waals surface area contributed by atoms with Crippen LogP contribution in [0.4, 0.5) is 5.69 Å². The minimum atomic E-state index is 0.715. The molecule has 2 atom stereocenters. The van der Waals surface area contributed by atoms with Crippen molar-refractivity contribution in [3.8, 4) is 0 Å². The second-order valence-corrected chi connectivity index (χ2v) is 5.40. The number of para-hydroxylation sites is 1. The molecule has 0 amide bonds. The number of hydrogen-bond donors (Lipinski definition) is 1. The Morgan fingerprint density at radius 1 is 1.16 bits per heavy atom. The first-order valence-electron chi connectivity index (χ1n) is 7.38. The maximum absolute atomic E-state index is 5.81. The van der Waals surface area contributed by atoms with Crippen LogP contribution in [0.5, 0.6) is 0 Å². The largest absolute Gasteiger partial charge is 0.385 e. The van der Waals surface area contributed by atoms with Gasteiger partial charge in [-0.05, 0) is 43.2 Å². The molecule has 2 unspecified atom stereocenters. The molecule has 1 aromatic rings. The highest BCUT2D eigenvalue weighted by molar-refractivity contribution is 5.42. The first-order valence-corrected chi connectivity index (χ1v) is 7.38. The van der Waals surface area contributed by atoms with E-state index in [0.717, 1.165) is 32.1 Å². The van der Waals surface area contributed by atoms with Crippen molar-refractivity contribution in [2.45, 2.75) is 26.2 Å². The van der Waals surface area contributed by atoms with Gasteiger partial charge in [-0.3, -0.25) is 0 Å². The van der Waals surface area contributed by atoms with Gasteiger partial charge in [0.25, 0.3) is 0 Å². The maximum Gasteiger partial charge on any atom is 0.0499 e. The molecule has 19 heavy (non-hydrogen) atoms. The first-order chi connectivity index (χ1) is 9.36. The smallest absolute Gasteiger partial charge is 0.0499 e. The van der Waals surface area contributed by atoms with Gasteiger partial charge in [0.05, 0.1) is 0 Å². The van der Waals surface area contributed by atoms with Crippen LogP contribution in [-0.4, -0.2) is 19.8 Å². The molecule has 0 saturated carbocycles. The number of nitrogens with one attached hydrogen (secondary N) is 1. The van der Waals surface area contributed by atoms with Crippen LogP contribution in [0.2, 0.25) is 0 Å². The molecule has 0 aliphatic heterocycles. The molecule has 0 bridgehead atoms. The lowest BCUT2D eigenvalue weighted by atomic mass is 9.85. The van der Waals surface area contributed by atoms with E-state index < -0.39 is 0 Å². The summed E-state index contributed by atoms with van der Waals surface area (Å²) in [7, 11) is 0. The molecule has 1 aromatic carbocycles. The van der Waals surface area contributed by atoms with E-state index in [1.165, 1.54) is 18.5 Å². The molecule has 2 heteroatoms. The van der Waals surface area contributed by atoms with Gasteiger partial charge >= 0.3 is 0 Å². The summed E-state index contributed by atoms with van der Waals surface area (Å²) in [5, 5.41) is 3.40. The van der Waals surface area contributed by atoms with Crippen LogP contribution in [-0.2, 0) is 4.74 Å². The van der Waals surface area contributed by atoms with Gasteiger partial charge in [0.1, 0.15) is 0 Å². The third kappa shape index (κ3) is 5.07. The Balaban J connectivity index is 1.52. The van der Waals surface area contributed by atoms with Crippen LogP contribution < -0.4 is 5.32 Å². The minimum absolute atomic E-state index is 0.715. The summed E-state index contributed by atoms with van der Waals surface area (Å²) < 4.78 is 5.81. The molecule has 2 nitrogen and oxygen atoms in total. The van der Waals surface area contributed by atoms with Crippen LogP contribution >= 0.6 is 0 Å². The normalized spacial score (nSPS) is 22.4. The number of rotatable bonds is 7. The van der Waals surface area contributed by atoms with Crippen LogP contribution in [0.15, 0.2) is 42.5 Å². The molecule has 0 radical (unpaired) electrons. The second-order valence-electron chi connectivity index (χ2n) is 5.40.